The molecule has 3 N–H and O–H groups in total. The molecular formula is C66H123NO3. The van der Waals surface area contributed by atoms with Crippen molar-refractivity contribution in [3.8, 4) is 0 Å². The van der Waals surface area contributed by atoms with Crippen LogP contribution in [0.15, 0.2) is 60.8 Å². The average Bonchev–Trinajstić information content (AvgIpc) is 3.36. The van der Waals surface area contributed by atoms with Gasteiger partial charge in [-0.2, -0.15) is 0 Å². The summed E-state index contributed by atoms with van der Waals surface area (Å²) in [5, 5.41) is 23.2. The largest absolute Gasteiger partial charge is 0.394 e. The van der Waals surface area contributed by atoms with Crippen molar-refractivity contribution >= 4 is 5.91 Å². The first-order valence-corrected chi connectivity index (χ1v) is 31.5. The van der Waals surface area contributed by atoms with Crippen molar-refractivity contribution in [1.29, 1.82) is 0 Å². The predicted octanol–water partition coefficient (Wildman–Crippen LogP) is 21.2. The lowest BCUT2D eigenvalue weighted by atomic mass is 10.0. The van der Waals surface area contributed by atoms with Crippen LogP contribution in [-0.4, -0.2) is 34.9 Å². The highest BCUT2D eigenvalue weighted by Crippen LogP contribution is 2.17. The third-order valence-corrected chi connectivity index (χ3v) is 14.5. The Bertz CT molecular complexity index is 1150. The van der Waals surface area contributed by atoms with Crippen molar-refractivity contribution in [2.75, 3.05) is 6.61 Å². The fourth-order valence-corrected chi connectivity index (χ4v) is 9.68. The number of aliphatic hydroxyl groups excluding tert-OH is 2. The van der Waals surface area contributed by atoms with Gasteiger partial charge in [-0.05, 0) is 70.6 Å². The number of carbonyl (C=O) groups is 1. The third-order valence-electron chi connectivity index (χ3n) is 14.5. The van der Waals surface area contributed by atoms with Crippen LogP contribution < -0.4 is 5.32 Å². The molecule has 0 aliphatic carbocycles. The summed E-state index contributed by atoms with van der Waals surface area (Å²) in [6.45, 7) is 4.31. The molecular weight excluding hydrogens is 855 g/mol. The maximum absolute atomic E-state index is 12.5. The average molecular weight is 979 g/mol. The molecule has 4 nitrogen and oxygen atoms in total. The number of amides is 1. The van der Waals surface area contributed by atoms with Gasteiger partial charge < -0.3 is 15.5 Å². The van der Waals surface area contributed by atoms with Gasteiger partial charge in [0, 0.05) is 6.42 Å². The van der Waals surface area contributed by atoms with E-state index in [-0.39, 0.29) is 12.5 Å². The Morgan fingerprint density at radius 2 is 0.600 bits per heavy atom. The Morgan fingerprint density at radius 1 is 0.343 bits per heavy atom. The highest BCUT2D eigenvalue weighted by atomic mass is 16.3. The first-order valence-electron chi connectivity index (χ1n) is 31.5. The van der Waals surface area contributed by atoms with Gasteiger partial charge in [-0.3, -0.25) is 4.79 Å². The second-order valence-corrected chi connectivity index (χ2v) is 21.5. The molecule has 0 aromatic heterocycles. The van der Waals surface area contributed by atoms with Crippen LogP contribution in [0.2, 0.25) is 0 Å². The minimum atomic E-state index is -0.863. The molecule has 1 amide bonds. The topological polar surface area (TPSA) is 69.6 Å². The minimum Gasteiger partial charge on any atom is -0.394 e. The van der Waals surface area contributed by atoms with E-state index in [2.05, 4.69) is 67.8 Å². The monoisotopic (exact) mass is 978 g/mol. The zero-order valence-corrected chi connectivity index (χ0v) is 47.3. The maximum Gasteiger partial charge on any atom is 0.220 e. The molecule has 70 heavy (non-hydrogen) atoms. The molecule has 0 spiro atoms. The summed E-state index contributed by atoms with van der Waals surface area (Å²) in [5.74, 6) is -0.0688. The lowest BCUT2D eigenvalue weighted by molar-refractivity contribution is -0.123. The number of unbranched alkanes of at least 4 members (excludes halogenated alkanes) is 43. The Hall–Kier alpha value is -1.91. The molecule has 4 heteroatoms. The van der Waals surface area contributed by atoms with Crippen LogP contribution in [0.25, 0.3) is 0 Å². The van der Waals surface area contributed by atoms with Crippen LogP contribution in [0.3, 0.4) is 0 Å². The van der Waals surface area contributed by atoms with Gasteiger partial charge in [-0.25, -0.2) is 0 Å². The smallest absolute Gasteiger partial charge is 0.220 e. The van der Waals surface area contributed by atoms with Gasteiger partial charge in [0.15, 0.2) is 0 Å². The van der Waals surface area contributed by atoms with Gasteiger partial charge >= 0.3 is 0 Å². The molecule has 0 rings (SSSR count). The lowest BCUT2D eigenvalue weighted by Crippen LogP contribution is -2.45. The van der Waals surface area contributed by atoms with E-state index in [1.54, 1.807) is 6.08 Å². The molecule has 0 saturated carbocycles. The van der Waals surface area contributed by atoms with Gasteiger partial charge in [0.2, 0.25) is 5.91 Å². The van der Waals surface area contributed by atoms with Crippen LogP contribution >= 0.6 is 0 Å². The summed E-state index contributed by atoms with van der Waals surface area (Å²) in [6, 6.07) is -0.640. The van der Waals surface area contributed by atoms with Crippen molar-refractivity contribution in [3.63, 3.8) is 0 Å². The first-order chi connectivity index (χ1) is 34.7. The van der Waals surface area contributed by atoms with Crippen molar-refractivity contribution in [3.05, 3.63) is 60.8 Å². The Morgan fingerprint density at radius 3 is 0.929 bits per heavy atom. The lowest BCUT2D eigenvalue weighted by Gasteiger charge is -2.19. The number of hydrogen-bond donors (Lipinski definition) is 3. The molecule has 0 aromatic rings. The number of allylic oxidation sites excluding steroid dienone is 9. The van der Waals surface area contributed by atoms with E-state index in [1.807, 2.05) is 6.08 Å². The molecule has 0 fully saturated rings. The van der Waals surface area contributed by atoms with E-state index >= 15 is 0 Å². The van der Waals surface area contributed by atoms with Crippen molar-refractivity contribution in [2.24, 2.45) is 0 Å². The fourth-order valence-electron chi connectivity index (χ4n) is 9.68. The molecule has 0 aliphatic heterocycles. The van der Waals surface area contributed by atoms with Crippen LogP contribution in [-0.2, 0) is 4.79 Å². The fraction of sp³-hybridized carbons (Fsp3) is 0.833. The van der Waals surface area contributed by atoms with Gasteiger partial charge in [0.25, 0.3) is 0 Å². The minimum absolute atomic E-state index is 0.0688. The predicted molar refractivity (Wildman–Crippen MR) is 313 cm³/mol. The summed E-state index contributed by atoms with van der Waals surface area (Å²) in [7, 11) is 0. The zero-order chi connectivity index (χ0) is 50.6. The van der Waals surface area contributed by atoms with E-state index in [0.717, 1.165) is 44.9 Å². The summed E-state index contributed by atoms with van der Waals surface area (Å²) in [5.41, 5.74) is 0. The molecule has 0 heterocycles. The van der Waals surface area contributed by atoms with Crippen molar-refractivity contribution in [1.82, 2.24) is 5.32 Å². The number of hydrogen-bond acceptors (Lipinski definition) is 3. The first kappa shape index (κ1) is 68.1. The maximum atomic E-state index is 12.5. The quantitative estimate of drug-likeness (QED) is 0.0420. The molecule has 2 atom stereocenters. The Kier molecular flexibility index (Phi) is 59.7. The van der Waals surface area contributed by atoms with Gasteiger partial charge in [-0.1, -0.05) is 319 Å². The highest BCUT2D eigenvalue weighted by Gasteiger charge is 2.18. The number of carbonyl (C=O) groups excluding carboxylic acids is 1. The second-order valence-electron chi connectivity index (χ2n) is 21.5. The van der Waals surface area contributed by atoms with Crippen LogP contribution in [0.1, 0.15) is 335 Å². The summed E-state index contributed by atoms with van der Waals surface area (Å²) in [4.78, 5) is 12.5. The molecule has 410 valence electrons. The number of rotatable bonds is 58. The molecule has 0 bridgehead atoms. The third kappa shape index (κ3) is 57.0. The van der Waals surface area contributed by atoms with E-state index in [9.17, 15) is 15.0 Å². The van der Waals surface area contributed by atoms with Gasteiger partial charge in [0.1, 0.15) is 0 Å². The standard InChI is InChI=1S/C66H123NO3/c1-3-5-7-9-11-13-15-17-19-21-23-25-26-27-28-29-30-31-32-33-34-35-36-37-38-39-40-42-44-46-48-50-52-54-56-58-60-62-66(70)67-64(63-68)65(69)61-59-57-55-53-51-49-47-45-43-41-24-22-20-18-16-14-12-10-8-6-4-2/h15,17,21,23,26-27,51,53,59,61,64-65,68-69H,3-14,16,18-20,22,24-25,28-50,52,54-58,60,62-63H2,1-2H3,(H,67,70)/b17-15-,23-21-,27-26-,53-51+,61-59+. The second kappa shape index (κ2) is 61.4. The van der Waals surface area contributed by atoms with E-state index in [4.69, 9.17) is 0 Å². The normalized spacial score (nSPS) is 13.1. The molecule has 2 unspecified atom stereocenters. The number of aliphatic hydroxyl groups is 2. The summed E-state index contributed by atoms with van der Waals surface area (Å²) in [6.07, 6.45) is 87.0. The van der Waals surface area contributed by atoms with E-state index in [0.29, 0.717) is 6.42 Å². The SMILES string of the molecule is CCCCCCC/C=C\C/C=C\C/C=C\CCCCCCCCCCCCCCCCCCCCCCCCC(=O)NC(CO)C(O)/C=C/CC/C=C/CCCCCCCCCCCCCCCCC. The summed E-state index contributed by atoms with van der Waals surface area (Å²) >= 11 is 0. The van der Waals surface area contributed by atoms with Crippen LogP contribution in [0, 0.1) is 0 Å². The Balaban J connectivity index is 3.46. The molecule has 0 aromatic carbocycles. The number of nitrogens with one attached hydrogen (secondary N) is 1. The van der Waals surface area contributed by atoms with Crippen LogP contribution in [0.4, 0.5) is 0 Å². The van der Waals surface area contributed by atoms with E-state index < -0.39 is 12.1 Å². The van der Waals surface area contributed by atoms with Crippen molar-refractivity contribution < 1.29 is 15.0 Å². The van der Waals surface area contributed by atoms with Crippen molar-refractivity contribution in [2.45, 2.75) is 347 Å². The van der Waals surface area contributed by atoms with E-state index in [1.165, 1.54) is 270 Å². The van der Waals surface area contributed by atoms with Gasteiger partial charge in [0.05, 0.1) is 18.8 Å². The van der Waals surface area contributed by atoms with Gasteiger partial charge in [-0.15, -0.1) is 0 Å². The Labute approximate surface area is 438 Å². The zero-order valence-electron chi connectivity index (χ0n) is 47.3. The molecule has 0 radical (unpaired) electrons. The molecule has 0 saturated heterocycles. The highest BCUT2D eigenvalue weighted by molar-refractivity contribution is 5.76. The van der Waals surface area contributed by atoms with Crippen LogP contribution in [0.5, 0.6) is 0 Å². The molecule has 0 aliphatic rings. The summed E-state index contributed by atoms with van der Waals surface area (Å²) < 4.78 is 0.